The largest absolute Gasteiger partial charge is 1.00 e. The topological polar surface area (TPSA) is 182 Å². The zero-order valence-corrected chi connectivity index (χ0v) is 46.9. The monoisotopic (exact) mass is 1000 g/mol. The van der Waals surface area contributed by atoms with Gasteiger partial charge in [0.2, 0.25) is 0 Å². The van der Waals surface area contributed by atoms with E-state index in [1.54, 1.807) is 0 Å². The molecule has 0 spiro atoms. The Bertz CT molecular complexity index is 2640. The average molecular weight is 1000 g/mol. The van der Waals surface area contributed by atoms with E-state index in [2.05, 4.69) is 118 Å². The Morgan fingerprint density at radius 3 is 2.13 bits per heavy atom. The van der Waals surface area contributed by atoms with E-state index < -0.39 is 33.1 Å². The molecule has 3 aromatic carbocycles. The number of hydrogen-bond donors (Lipinski definition) is 0. The van der Waals surface area contributed by atoms with Gasteiger partial charge in [-0.3, -0.25) is 9.59 Å². The van der Waals surface area contributed by atoms with Crippen LogP contribution in [0.2, 0.25) is 0 Å². The predicted molar refractivity (Wildman–Crippen MR) is 254 cm³/mol. The van der Waals surface area contributed by atoms with Crippen LogP contribution in [0, 0.1) is 19.1 Å². The van der Waals surface area contributed by atoms with Crippen molar-refractivity contribution in [3.05, 3.63) is 136 Å². The summed E-state index contributed by atoms with van der Waals surface area (Å²) in [6.07, 6.45) is 18.1. The van der Waals surface area contributed by atoms with E-state index in [1.165, 1.54) is 59.1 Å². The molecule has 69 heavy (non-hydrogen) atoms. The molecular formula is C51H60N3Na2O11S2+. The molecule has 2 amide bonds. The molecule has 2 aliphatic heterocycles. The van der Waals surface area contributed by atoms with E-state index in [1.807, 2.05) is 30.3 Å². The second kappa shape index (κ2) is 29.2. The van der Waals surface area contributed by atoms with Crippen molar-refractivity contribution in [2.45, 2.75) is 124 Å². The second-order valence-corrected chi connectivity index (χ2v) is 18.2. The van der Waals surface area contributed by atoms with Crippen molar-refractivity contribution in [2.24, 2.45) is 0 Å². The number of hydrogen-bond acceptors (Lipinski definition) is 12. The van der Waals surface area contributed by atoms with E-state index >= 15 is 0 Å². The van der Waals surface area contributed by atoms with Gasteiger partial charge in [-0.05, 0) is 80.4 Å². The molecule has 3 aromatic rings. The quantitative estimate of drug-likeness (QED) is 0.0513. The fraction of sp³-hybridized carbons (Fsp3) is 0.412. The number of nitrogens with zero attached hydrogens (tertiary/aromatic N) is 3. The number of hydroxylamine groups is 2. The first-order valence-electron chi connectivity index (χ1n) is 22.3. The molecule has 0 radical (unpaired) electrons. The maximum Gasteiger partial charge on any atom is 1.00 e. The zero-order chi connectivity index (χ0) is 49.3. The van der Waals surface area contributed by atoms with Gasteiger partial charge in [-0.15, -0.1) is 48.5 Å². The standard InChI is InChI=1S/C51H60N3O5.2Na.2O3S/c1-8-9-17-33-53-45-30-27-37(2)35-43(45)51(6,7)47(53)32-29-40-21-19-20-39(49(40)58-41-22-12-10-13-23-41)28-31-46-50(4,5)42-24-15-16-25-44(42)52(46)34-18-11-14-26-48(57)59-54(36-55)38(3)56;;;2*1-4(2)3/h12-13,16,22-25,27-32,35-36H,8-9,11,14,17-21,26,33-34H2,1-7H3;;;;/q-1;2*+1;;. The number of anilines is 1. The number of fused-ring (bicyclic) bond motifs is 2. The number of aryl methyl sites for hydroxylation is 1. The summed E-state index contributed by atoms with van der Waals surface area (Å²) in [5, 5.41) is 0.433. The third-order valence-electron chi connectivity index (χ3n) is 11.9. The molecule has 0 saturated heterocycles. The van der Waals surface area contributed by atoms with E-state index in [0.717, 1.165) is 74.4 Å². The number of amides is 2. The zero-order valence-electron chi connectivity index (χ0n) is 41.3. The van der Waals surface area contributed by atoms with Gasteiger partial charge in [0.05, 0.1) is 0 Å². The fourth-order valence-corrected chi connectivity index (χ4v) is 8.65. The number of allylic oxidation sites excluding steroid dienone is 7. The van der Waals surface area contributed by atoms with Crippen LogP contribution in [0.5, 0.6) is 5.75 Å². The summed E-state index contributed by atoms with van der Waals surface area (Å²) in [6, 6.07) is 27.3. The summed E-state index contributed by atoms with van der Waals surface area (Å²) in [4.78, 5) is 42.2. The number of rotatable bonds is 16. The molecule has 2 heterocycles. The number of ether oxygens (including phenoxy) is 1. The van der Waals surface area contributed by atoms with Crippen LogP contribution in [-0.2, 0) is 51.3 Å². The van der Waals surface area contributed by atoms with Gasteiger partial charge in [-0.1, -0.05) is 76.8 Å². The molecule has 18 heteroatoms. The molecule has 6 rings (SSSR count). The van der Waals surface area contributed by atoms with Crippen LogP contribution in [0.25, 0.3) is 0 Å². The molecule has 358 valence electrons. The molecule has 0 aromatic heterocycles. The van der Waals surface area contributed by atoms with E-state index in [9.17, 15) is 14.4 Å². The molecule has 0 saturated carbocycles. The third kappa shape index (κ3) is 17.2. The first-order chi connectivity index (χ1) is 31.8. The number of unbranched alkanes of at least 4 members (excludes halogenated alkanes) is 4. The van der Waals surface area contributed by atoms with Crippen LogP contribution in [0.3, 0.4) is 0 Å². The first kappa shape index (κ1) is 60.9. The van der Waals surface area contributed by atoms with Crippen LogP contribution in [0.4, 0.5) is 11.4 Å². The molecule has 3 aliphatic rings. The van der Waals surface area contributed by atoms with E-state index in [-0.39, 0.29) is 82.8 Å². The van der Waals surface area contributed by atoms with Crippen LogP contribution in [-0.4, -0.2) is 72.0 Å². The van der Waals surface area contributed by atoms with Crippen molar-refractivity contribution in [1.29, 1.82) is 0 Å². The summed E-state index contributed by atoms with van der Waals surface area (Å²) >= 11 is 0. The third-order valence-corrected chi connectivity index (χ3v) is 11.9. The van der Waals surface area contributed by atoms with Crippen molar-refractivity contribution in [2.75, 3.05) is 18.0 Å². The SMILES string of the molecule is CCCCCN1/C(=C/C=C2\CCCC(/C=C/C3=[N+](CCCCCC(=O)ON(C=O)C(C)=O)c4cc[c-]cc4C3(C)C)=C2Oc2cc[c-]cc2)C(C)(C)c2cc(C)ccc21.O=S(=O)=O.O=S(=O)=O.[Na+].[Na+]. The van der Waals surface area contributed by atoms with Crippen molar-refractivity contribution >= 4 is 56.6 Å². The van der Waals surface area contributed by atoms with Crippen molar-refractivity contribution < 1.29 is 113 Å². The van der Waals surface area contributed by atoms with E-state index in [0.29, 0.717) is 11.5 Å². The van der Waals surface area contributed by atoms with Crippen molar-refractivity contribution in [3.63, 3.8) is 0 Å². The van der Waals surface area contributed by atoms with Crippen molar-refractivity contribution in [1.82, 2.24) is 5.06 Å². The van der Waals surface area contributed by atoms with Crippen molar-refractivity contribution in [3.8, 4) is 5.75 Å². The van der Waals surface area contributed by atoms with Gasteiger partial charge in [-0.2, -0.15) is 36.4 Å². The molecule has 0 bridgehead atoms. The van der Waals surface area contributed by atoms with Gasteiger partial charge >= 0.3 is 86.3 Å². The number of carbonyl (C=O) groups is 3. The molecule has 1 aliphatic carbocycles. The Labute approximate surface area is 454 Å². The van der Waals surface area contributed by atoms with E-state index in [4.69, 9.17) is 34.8 Å². The average Bonchev–Trinajstić information content (AvgIpc) is 3.61. The minimum absolute atomic E-state index is 0. The smallest absolute Gasteiger partial charge is 0.482 e. The van der Waals surface area contributed by atoms with Gasteiger partial charge in [0, 0.05) is 60.4 Å². The summed E-state index contributed by atoms with van der Waals surface area (Å²) in [7, 11) is -6.22. The second-order valence-electron chi connectivity index (χ2n) is 17.4. The van der Waals surface area contributed by atoms with Gasteiger partial charge < -0.3 is 14.5 Å². The minimum atomic E-state index is -3.11. The minimum Gasteiger partial charge on any atom is -0.482 e. The normalized spacial score (nSPS) is 16.2. The number of benzene rings is 3. The Balaban J connectivity index is 0.00000151. The maximum atomic E-state index is 12.3. The Hall–Kier alpha value is -4.26. The number of imide groups is 1. The molecule has 0 N–H and O–H groups in total. The molecule has 0 unspecified atom stereocenters. The molecular weight excluding hydrogens is 941 g/mol. The first-order valence-corrected chi connectivity index (χ1v) is 24.3. The maximum absolute atomic E-state index is 12.3. The molecule has 0 fully saturated rings. The van der Waals surface area contributed by atoms with Gasteiger partial charge in [0.15, 0.2) is 5.71 Å². The van der Waals surface area contributed by atoms with Crippen LogP contribution >= 0.6 is 0 Å². The van der Waals surface area contributed by atoms with Gasteiger partial charge in [0.25, 0.3) is 12.3 Å². The Morgan fingerprint density at radius 2 is 1.49 bits per heavy atom. The van der Waals surface area contributed by atoms with Gasteiger partial charge in [-0.25, -0.2) is 9.37 Å². The van der Waals surface area contributed by atoms with Crippen LogP contribution in [0.15, 0.2) is 108 Å². The Morgan fingerprint density at radius 1 is 0.826 bits per heavy atom. The van der Waals surface area contributed by atoms with Gasteiger partial charge in [0.1, 0.15) is 18.0 Å². The summed E-state index contributed by atoms with van der Waals surface area (Å²) in [5.74, 6) is 0.467. The summed E-state index contributed by atoms with van der Waals surface area (Å²) < 4.78 is 59.9. The molecule has 14 nitrogen and oxygen atoms in total. The Kier molecular flexibility index (Phi) is 25.7. The van der Waals surface area contributed by atoms with Crippen LogP contribution < -0.4 is 68.8 Å². The summed E-state index contributed by atoms with van der Waals surface area (Å²) in [5.41, 5.74) is 10.8. The molecule has 0 atom stereocenters. The predicted octanol–water partition coefficient (Wildman–Crippen LogP) is 2.87. The number of carbonyl (C=O) groups excluding carboxylic acids is 3. The summed E-state index contributed by atoms with van der Waals surface area (Å²) in [6.45, 7) is 16.6. The van der Waals surface area contributed by atoms with Crippen LogP contribution in [0.1, 0.15) is 122 Å². The fourth-order valence-electron chi connectivity index (χ4n) is 8.65.